The number of rotatable bonds is 3. The minimum absolute atomic E-state index is 0.511. The third-order valence-electron chi connectivity index (χ3n) is 2.16. The molecule has 3 heteroatoms. The summed E-state index contributed by atoms with van der Waals surface area (Å²) in [6.07, 6.45) is 3.99. The number of hydrogen-bond acceptors (Lipinski definition) is 2. The summed E-state index contributed by atoms with van der Waals surface area (Å²) in [5.41, 5.74) is 1.30. The van der Waals surface area contributed by atoms with Gasteiger partial charge in [-0.05, 0) is 38.3 Å². The summed E-state index contributed by atoms with van der Waals surface area (Å²) < 4.78 is 0. The van der Waals surface area contributed by atoms with Gasteiger partial charge in [-0.3, -0.25) is 9.78 Å². The topological polar surface area (TPSA) is 50.2 Å². The van der Waals surface area contributed by atoms with Gasteiger partial charge in [-0.1, -0.05) is 6.07 Å². The molecule has 0 aliphatic carbocycles. The fourth-order valence-corrected chi connectivity index (χ4v) is 1.30. The van der Waals surface area contributed by atoms with E-state index in [4.69, 9.17) is 5.11 Å². The van der Waals surface area contributed by atoms with Crippen LogP contribution in [0.4, 0.5) is 0 Å². The molecule has 1 rings (SSSR count). The molecule has 1 heterocycles. The number of nitrogens with zero attached hydrogens (tertiary/aromatic N) is 1. The van der Waals surface area contributed by atoms with Crippen LogP contribution >= 0.6 is 0 Å². The lowest BCUT2D eigenvalue weighted by Gasteiger charge is -2.18. The second-order valence-electron chi connectivity index (χ2n) is 4.24. The molecule has 0 aliphatic heterocycles. The lowest BCUT2D eigenvalue weighted by atomic mass is 9.86. The van der Waals surface area contributed by atoms with Crippen molar-refractivity contribution in [1.29, 1.82) is 0 Å². The molecule has 0 fully saturated rings. The van der Waals surface area contributed by atoms with E-state index in [1.165, 1.54) is 0 Å². The Bertz CT molecular complexity index is 345. The average molecular weight is 193 g/mol. The van der Waals surface area contributed by atoms with E-state index in [0.717, 1.165) is 11.1 Å². The van der Waals surface area contributed by atoms with E-state index in [0.29, 0.717) is 6.42 Å². The van der Waals surface area contributed by atoms with Crippen LogP contribution in [0.5, 0.6) is 0 Å². The number of aromatic nitrogens is 1. The highest BCUT2D eigenvalue weighted by Crippen LogP contribution is 2.21. The van der Waals surface area contributed by atoms with Crippen LogP contribution in [0.15, 0.2) is 18.5 Å². The number of aryl methyl sites for hydroxylation is 1. The van der Waals surface area contributed by atoms with E-state index >= 15 is 0 Å². The quantitative estimate of drug-likeness (QED) is 0.799. The lowest BCUT2D eigenvalue weighted by molar-refractivity contribution is -0.146. The predicted octanol–water partition coefficient (Wildman–Crippen LogP) is 2.04. The summed E-state index contributed by atoms with van der Waals surface area (Å²) in [7, 11) is 0. The van der Waals surface area contributed by atoms with Crippen molar-refractivity contribution in [2.45, 2.75) is 27.2 Å². The molecule has 0 saturated heterocycles. The highest BCUT2D eigenvalue weighted by Gasteiger charge is 2.27. The molecule has 0 unspecified atom stereocenters. The highest BCUT2D eigenvalue weighted by molar-refractivity contribution is 5.74. The van der Waals surface area contributed by atoms with Crippen LogP contribution in [-0.2, 0) is 11.2 Å². The maximum Gasteiger partial charge on any atom is 0.309 e. The third kappa shape index (κ3) is 2.55. The molecule has 0 radical (unpaired) electrons. The zero-order valence-corrected chi connectivity index (χ0v) is 8.74. The van der Waals surface area contributed by atoms with Crippen molar-refractivity contribution in [2.24, 2.45) is 5.41 Å². The molecular formula is C11H15NO2. The van der Waals surface area contributed by atoms with Crippen molar-refractivity contribution in [1.82, 2.24) is 4.98 Å². The van der Waals surface area contributed by atoms with Gasteiger partial charge in [0.05, 0.1) is 5.41 Å². The second-order valence-corrected chi connectivity index (χ2v) is 4.24. The first kappa shape index (κ1) is 10.7. The summed E-state index contributed by atoms with van der Waals surface area (Å²) in [5, 5.41) is 8.95. The molecule has 0 saturated carbocycles. The lowest BCUT2D eigenvalue weighted by Crippen LogP contribution is -2.26. The van der Waals surface area contributed by atoms with Gasteiger partial charge in [0.2, 0.25) is 0 Å². The fourth-order valence-electron chi connectivity index (χ4n) is 1.30. The molecule has 1 aromatic rings. The van der Waals surface area contributed by atoms with Gasteiger partial charge in [0, 0.05) is 12.4 Å². The molecule has 14 heavy (non-hydrogen) atoms. The molecule has 76 valence electrons. The van der Waals surface area contributed by atoms with Crippen molar-refractivity contribution >= 4 is 5.97 Å². The Morgan fingerprint density at radius 1 is 1.50 bits per heavy atom. The fraction of sp³-hybridized carbons (Fsp3) is 0.455. The molecule has 1 aromatic heterocycles. The van der Waals surface area contributed by atoms with E-state index in [9.17, 15) is 4.79 Å². The normalized spacial score (nSPS) is 11.4. The van der Waals surface area contributed by atoms with Crippen LogP contribution in [0.2, 0.25) is 0 Å². The molecular weight excluding hydrogens is 178 g/mol. The number of aliphatic carboxylic acids is 1. The Kier molecular flexibility index (Phi) is 2.89. The monoisotopic (exact) mass is 193 g/mol. The van der Waals surface area contributed by atoms with Crippen molar-refractivity contribution in [3.05, 3.63) is 29.6 Å². The first-order valence-electron chi connectivity index (χ1n) is 4.56. The van der Waals surface area contributed by atoms with Gasteiger partial charge in [0.1, 0.15) is 0 Å². The zero-order chi connectivity index (χ0) is 10.8. The Morgan fingerprint density at radius 2 is 2.14 bits per heavy atom. The Morgan fingerprint density at radius 3 is 2.64 bits per heavy atom. The van der Waals surface area contributed by atoms with Gasteiger partial charge in [0.25, 0.3) is 0 Å². The van der Waals surface area contributed by atoms with Crippen LogP contribution in [0, 0.1) is 12.3 Å². The van der Waals surface area contributed by atoms with E-state index in [1.54, 1.807) is 26.2 Å². The van der Waals surface area contributed by atoms with Crippen molar-refractivity contribution in [2.75, 3.05) is 0 Å². The Hall–Kier alpha value is -1.38. The maximum absolute atomic E-state index is 10.9. The molecule has 0 aromatic carbocycles. The molecule has 1 N–H and O–H groups in total. The summed E-state index contributed by atoms with van der Waals surface area (Å²) in [4.78, 5) is 14.9. The van der Waals surface area contributed by atoms with Crippen LogP contribution < -0.4 is 0 Å². The third-order valence-corrected chi connectivity index (χ3v) is 2.16. The second kappa shape index (κ2) is 3.78. The first-order chi connectivity index (χ1) is 6.42. The van der Waals surface area contributed by atoms with E-state index in [-0.39, 0.29) is 0 Å². The number of carboxylic acid groups (broad SMARTS) is 1. The number of carboxylic acids is 1. The minimum atomic E-state index is -0.779. The molecule has 0 spiro atoms. The molecule has 0 atom stereocenters. The standard InChI is InChI=1S/C11H15NO2/c1-8-4-9(7-12-6-8)5-11(2,3)10(13)14/h4,6-7H,5H2,1-3H3,(H,13,14). The van der Waals surface area contributed by atoms with E-state index < -0.39 is 11.4 Å². The van der Waals surface area contributed by atoms with Gasteiger partial charge >= 0.3 is 5.97 Å². The van der Waals surface area contributed by atoms with Gasteiger partial charge in [-0.2, -0.15) is 0 Å². The largest absolute Gasteiger partial charge is 0.481 e. The van der Waals surface area contributed by atoms with Crippen molar-refractivity contribution in [3.8, 4) is 0 Å². The molecule has 3 nitrogen and oxygen atoms in total. The van der Waals surface area contributed by atoms with Gasteiger partial charge < -0.3 is 5.11 Å². The number of pyridine rings is 1. The molecule has 0 amide bonds. The predicted molar refractivity (Wildman–Crippen MR) is 54.1 cm³/mol. The summed E-state index contributed by atoms with van der Waals surface area (Å²) in [6, 6.07) is 1.97. The summed E-state index contributed by atoms with van der Waals surface area (Å²) in [5.74, 6) is -0.779. The molecule has 0 aliphatic rings. The number of hydrogen-bond donors (Lipinski definition) is 1. The van der Waals surface area contributed by atoms with Gasteiger partial charge in [-0.25, -0.2) is 0 Å². The summed E-state index contributed by atoms with van der Waals surface area (Å²) >= 11 is 0. The smallest absolute Gasteiger partial charge is 0.309 e. The first-order valence-corrected chi connectivity index (χ1v) is 4.56. The van der Waals surface area contributed by atoms with Crippen molar-refractivity contribution in [3.63, 3.8) is 0 Å². The summed E-state index contributed by atoms with van der Waals surface area (Å²) in [6.45, 7) is 5.39. The van der Waals surface area contributed by atoms with Gasteiger partial charge in [0.15, 0.2) is 0 Å². The van der Waals surface area contributed by atoms with Crippen molar-refractivity contribution < 1.29 is 9.90 Å². The van der Waals surface area contributed by atoms with Gasteiger partial charge in [-0.15, -0.1) is 0 Å². The van der Waals surface area contributed by atoms with Crippen LogP contribution in [-0.4, -0.2) is 16.1 Å². The minimum Gasteiger partial charge on any atom is -0.481 e. The Labute approximate surface area is 83.8 Å². The molecule has 0 bridgehead atoms. The maximum atomic E-state index is 10.9. The van der Waals surface area contributed by atoms with E-state index in [2.05, 4.69) is 4.98 Å². The Balaban J connectivity index is 2.83. The highest BCUT2D eigenvalue weighted by atomic mass is 16.4. The number of carbonyl (C=O) groups is 1. The van der Waals surface area contributed by atoms with E-state index in [1.807, 2.05) is 13.0 Å². The SMILES string of the molecule is Cc1cncc(CC(C)(C)C(=O)O)c1. The average Bonchev–Trinajstić information content (AvgIpc) is 2.02. The zero-order valence-electron chi connectivity index (χ0n) is 8.74. The van der Waals surface area contributed by atoms with Crippen LogP contribution in [0.3, 0.4) is 0 Å². The van der Waals surface area contributed by atoms with Crippen LogP contribution in [0.1, 0.15) is 25.0 Å². The van der Waals surface area contributed by atoms with Crippen LogP contribution in [0.25, 0.3) is 0 Å².